The number of hydrogen-bond donors (Lipinski definition) is 2. The Morgan fingerprint density at radius 1 is 1.71 bits per heavy atom. The molecule has 0 aromatic heterocycles. The molecule has 0 saturated carbocycles. The van der Waals surface area contributed by atoms with E-state index in [1.165, 1.54) is 0 Å². The van der Waals surface area contributed by atoms with E-state index in [1.807, 2.05) is 12.3 Å². The smallest absolute Gasteiger partial charge is 0.0393 e. The van der Waals surface area contributed by atoms with Crippen LogP contribution in [0.2, 0.25) is 0 Å². The van der Waals surface area contributed by atoms with Crippen molar-refractivity contribution in [1.82, 2.24) is 10.9 Å². The molecule has 2 N–H and O–H groups in total. The first-order valence-corrected chi connectivity index (χ1v) is 2.22. The predicted octanol–water partition coefficient (Wildman–Crippen LogP) is 0.164. The summed E-state index contributed by atoms with van der Waals surface area (Å²) in [7, 11) is 0. The molecule has 0 aromatic rings. The van der Waals surface area contributed by atoms with Gasteiger partial charge in [0.1, 0.15) is 0 Å². The average molecular weight is 96.1 g/mol. The van der Waals surface area contributed by atoms with Gasteiger partial charge in [-0.05, 0) is 11.6 Å². The van der Waals surface area contributed by atoms with Gasteiger partial charge < -0.3 is 5.43 Å². The Balaban J connectivity index is 2.51. The molecule has 0 fully saturated rings. The normalized spacial score (nSPS) is 19.1. The van der Waals surface area contributed by atoms with Gasteiger partial charge in [0.05, 0.1) is 0 Å². The van der Waals surface area contributed by atoms with Gasteiger partial charge in [0, 0.05) is 12.7 Å². The fourth-order valence-electron chi connectivity index (χ4n) is 0.442. The molecule has 2 heteroatoms. The van der Waals surface area contributed by atoms with Crippen LogP contribution >= 0.6 is 0 Å². The molecule has 2 nitrogen and oxygen atoms in total. The molecule has 0 aromatic carbocycles. The van der Waals surface area contributed by atoms with Crippen molar-refractivity contribution in [2.45, 2.75) is 0 Å². The van der Waals surface area contributed by atoms with E-state index < -0.39 is 0 Å². The lowest BCUT2D eigenvalue weighted by molar-refractivity contribution is 0.655. The second-order valence-electron chi connectivity index (χ2n) is 1.49. The number of hydrogen-bond acceptors (Lipinski definition) is 2. The van der Waals surface area contributed by atoms with E-state index >= 15 is 0 Å². The van der Waals surface area contributed by atoms with E-state index in [0.29, 0.717) is 0 Å². The molecule has 1 heterocycles. The molecule has 0 radical (unpaired) electrons. The zero-order chi connectivity index (χ0) is 5.11. The molecule has 0 amide bonds. The maximum Gasteiger partial charge on any atom is 0.0393 e. The minimum absolute atomic E-state index is 0.844. The van der Waals surface area contributed by atoms with Crippen molar-refractivity contribution in [3.63, 3.8) is 0 Å². The molecular formula is C5H8N2. The van der Waals surface area contributed by atoms with Crippen LogP contribution in [0.25, 0.3) is 0 Å². The lowest BCUT2D eigenvalue weighted by Gasteiger charge is -2.08. The average Bonchev–Trinajstić information content (AvgIpc) is 1.69. The Labute approximate surface area is 42.9 Å². The van der Waals surface area contributed by atoms with Gasteiger partial charge in [0.15, 0.2) is 0 Å². The minimum atomic E-state index is 0.844. The van der Waals surface area contributed by atoms with E-state index in [0.717, 1.165) is 12.1 Å². The van der Waals surface area contributed by atoms with Crippen molar-refractivity contribution >= 4 is 0 Å². The summed E-state index contributed by atoms with van der Waals surface area (Å²) in [5.74, 6) is 0. The minimum Gasteiger partial charge on any atom is -0.328 e. The highest BCUT2D eigenvalue weighted by Crippen LogP contribution is 1.90. The number of nitrogens with one attached hydrogen (secondary N) is 2. The van der Waals surface area contributed by atoms with Gasteiger partial charge in [0.25, 0.3) is 0 Å². The molecule has 0 spiro atoms. The Morgan fingerprint density at radius 3 is 2.86 bits per heavy atom. The fourth-order valence-corrected chi connectivity index (χ4v) is 0.442. The van der Waals surface area contributed by atoms with Crippen LogP contribution in [0.5, 0.6) is 0 Å². The SMILES string of the molecule is C=C1C=CNNC1. The summed E-state index contributed by atoms with van der Waals surface area (Å²) in [5, 5.41) is 0. The first-order chi connectivity index (χ1) is 3.39. The van der Waals surface area contributed by atoms with Crippen molar-refractivity contribution in [3.8, 4) is 0 Å². The summed E-state index contributed by atoms with van der Waals surface area (Å²) in [6, 6.07) is 0. The van der Waals surface area contributed by atoms with Gasteiger partial charge >= 0.3 is 0 Å². The van der Waals surface area contributed by atoms with Crippen LogP contribution in [0.15, 0.2) is 24.4 Å². The number of rotatable bonds is 0. The van der Waals surface area contributed by atoms with Gasteiger partial charge in [-0.15, -0.1) is 0 Å². The Bertz CT molecular complexity index is 105. The summed E-state index contributed by atoms with van der Waals surface area (Å²) in [5.41, 5.74) is 6.83. The zero-order valence-corrected chi connectivity index (χ0v) is 4.07. The maximum absolute atomic E-state index is 3.72. The summed E-state index contributed by atoms with van der Waals surface area (Å²) in [4.78, 5) is 0. The van der Waals surface area contributed by atoms with Crippen LogP contribution in [-0.4, -0.2) is 6.54 Å². The van der Waals surface area contributed by atoms with Crippen LogP contribution in [-0.2, 0) is 0 Å². The fraction of sp³-hybridized carbons (Fsp3) is 0.200. The Morgan fingerprint density at radius 2 is 2.57 bits per heavy atom. The van der Waals surface area contributed by atoms with E-state index in [9.17, 15) is 0 Å². The van der Waals surface area contributed by atoms with Crippen molar-refractivity contribution in [1.29, 1.82) is 0 Å². The van der Waals surface area contributed by atoms with Gasteiger partial charge in [-0.1, -0.05) is 6.58 Å². The van der Waals surface area contributed by atoms with Gasteiger partial charge in [0.2, 0.25) is 0 Å². The standard InChI is InChI=1S/C5H8N2/c1-5-2-3-6-7-4-5/h2-3,6-7H,1,4H2. The van der Waals surface area contributed by atoms with Crippen LogP contribution in [0.3, 0.4) is 0 Å². The molecule has 0 unspecified atom stereocenters. The molecule has 1 rings (SSSR count). The lowest BCUT2D eigenvalue weighted by atomic mass is 10.3. The number of hydrazine groups is 1. The van der Waals surface area contributed by atoms with Crippen LogP contribution in [0.4, 0.5) is 0 Å². The Kier molecular flexibility index (Phi) is 1.13. The summed E-state index contributed by atoms with van der Waals surface area (Å²) >= 11 is 0. The molecule has 0 aliphatic carbocycles. The molecule has 1 aliphatic rings. The third-order valence-corrected chi connectivity index (χ3v) is 0.820. The highest BCUT2D eigenvalue weighted by Gasteiger charge is 1.89. The van der Waals surface area contributed by atoms with Gasteiger partial charge in [-0.3, -0.25) is 0 Å². The van der Waals surface area contributed by atoms with Crippen LogP contribution < -0.4 is 10.9 Å². The third-order valence-electron chi connectivity index (χ3n) is 0.820. The van der Waals surface area contributed by atoms with Crippen LogP contribution in [0.1, 0.15) is 0 Å². The summed E-state index contributed by atoms with van der Waals surface area (Å²) in [6.07, 6.45) is 3.77. The summed E-state index contributed by atoms with van der Waals surface area (Å²) in [6.45, 7) is 4.57. The third kappa shape index (κ3) is 1.05. The first-order valence-electron chi connectivity index (χ1n) is 2.22. The maximum atomic E-state index is 3.72. The highest BCUT2D eigenvalue weighted by molar-refractivity contribution is 5.17. The van der Waals surface area contributed by atoms with Gasteiger partial charge in [-0.25, -0.2) is 5.43 Å². The first kappa shape index (κ1) is 4.40. The van der Waals surface area contributed by atoms with E-state index in [4.69, 9.17) is 0 Å². The topological polar surface area (TPSA) is 24.1 Å². The molecule has 1 aliphatic heterocycles. The highest BCUT2D eigenvalue weighted by atomic mass is 15.3. The molecule has 0 atom stereocenters. The van der Waals surface area contributed by atoms with Crippen molar-refractivity contribution in [2.24, 2.45) is 0 Å². The van der Waals surface area contributed by atoms with Crippen LogP contribution in [0, 0.1) is 0 Å². The molecule has 7 heavy (non-hydrogen) atoms. The van der Waals surface area contributed by atoms with Crippen molar-refractivity contribution < 1.29 is 0 Å². The van der Waals surface area contributed by atoms with Crippen molar-refractivity contribution in [3.05, 3.63) is 24.4 Å². The quantitative estimate of drug-likeness (QED) is 0.449. The monoisotopic (exact) mass is 96.1 g/mol. The van der Waals surface area contributed by atoms with E-state index in [1.54, 1.807) is 0 Å². The summed E-state index contributed by atoms with van der Waals surface area (Å²) < 4.78 is 0. The molecule has 0 saturated heterocycles. The zero-order valence-electron chi connectivity index (χ0n) is 4.07. The van der Waals surface area contributed by atoms with E-state index in [2.05, 4.69) is 17.4 Å². The lowest BCUT2D eigenvalue weighted by Crippen LogP contribution is -2.31. The molecular weight excluding hydrogens is 88.1 g/mol. The largest absolute Gasteiger partial charge is 0.328 e. The van der Waals surface area contributed by atoms with Crippen molar-refractivity contribution in [2.75, 3.05) is 6.54 Å². The Hall–Kier alpha value is -0.760. The second-order valence-corrected chi connectivity index (χ2v) is 1.49. The molecule has 38 valence electrons. The van der Waals surface area contributed by atoms with Gasteiger partial charge in [-0.2, -0.15) is 0 Å². The molecule has 0 bridgehead atoms. The van der Waals surface area contributed by atoms with E-state index in [-0.39, 0.29) is 0 Å². The second kappa shape index (κ2) is 1.80. The predicted molar refractivity (Wildman–Crippen MR) is 29.4 cm³/mol.